The van der Waals surface area contributed by atoms with Crippen molar-refractivity contribution in [1.82, 2.24) is 0 Å². The number of hydrogen-bond donors (Lipinski definition) is 2. The number of nitrogens with zero attached hydrogens (tertiary/aromatic N) is 1. The Hall–Kier alpha value is -1.89. The lowest BCUT2D eigenvalue weighted by molar-refractivity contribution is -0.929. The zero-order chi connectivity index (χ0) is 27.6. The molecule has 0 aromatic rings. The number of aliphatic carboxylic acids is 3. The SMILES string of the molecule is C=CCCCCCCCCCCCCCCCC[N+](CCCC(=O)[O-])(CCCC(=O)O)CCCC(=O)O. The molecular weight excluding hydrogens is 470 g/mol. The number of rotatable bonds is 29. The third kappa shape index (κ3) is 24.2. The van der Waals surface area contributed by atoms with E-state index in [-0.39, 0.29) is 19.3 Å². The number of carbonyl (C=O) groups is 3. The van der Waals surface area contributed by atoms with E-state index in [1.54, 1.807) is 0 Å². The maximum atomic E-state index is 11.0. The first-order valence-corrected chi connectivity index (χ1v) is 14.9. The van der Waals surface area contributed by atoms with Gasteiger partial charge in [0.15, 0.2) is 0 Å². The summed E-state index contributed by atoms with van der Waals surface area (Å²) in [4.78, 5) is 33.0. The summed E-state index contributed by atoms with van der Waals surface area (Å²) in [7, 11) is 0. The van der Waals surface area contributed by atoms with Crippen LogP contribution in [0.25, 0.3) is 0 Å². The summed E-state index contributed by atoms with van der Waals surface area (Å²) >= 11 is 0. The molecule has 0 aliphatic heterocycles. The van der Waals surface area contributed by atoms with Crippen molar-refractivity contribution in [2.45, 2.75) is 135 Å². The lowest BCUT2D eigenvalue weighted by Crippen LogP contribution is -2.51. The molecule has 0 aliphatic rings. The average molecular weight is 526 g/mol. The molecule has 0 spiro atoms. The van der Waals surface area contributed by atoms with Gasteiger partial charge in [-0.1, -0.05) is 76.7 Å². The molecule has 0 atom stereocenters. The molecule has 0 saturated heterocycles. The number of carbonyl (C=O) groups excluding carboxylic acids is 1. The molecule has 7 nitrogen and oxygen atoms in total. The Morgan fingerprint density at radius 1 is 0.541 bits per heavy atom. The molecule has 0 aliphatic carbocycles. The van der Waals surface area contributed by atoms with E-state index < -0.39 is 17.9 Å². The summed E-state index contributed by atoms with van der Waals surface area (Å²) in [5, 5.41) is 29.1. The predicted octanol–water partition coefficient (Wildman–Crippen LogP) is 6.10. The van der Waals surface area contributed by atoms with Crippen molar-refractivity contribution >= 4 is 17.9 Å². The van der Waals surface area contributed by atoms with Crippen LogP contribution >= 0.6 is 0 Å². The Labute approximate surface area is 225 Å². The molecule has 0 radical (unpaired) electrons. The van der Waals surface area contributed by atoms with Gasteiger partial charge in [-0.05, 0) is 32.1 Å². The Morgan fingerprint density at radius 2 is 0.865 bits per heavy atom. The normalized spacial score (nSPS) is 11.5. The highest BCUT2D eigenvalue weighted by molar-refractivity contribution is 5.66. The molecule has 2 N–H and O–H groups in total. The van der Waals surface area contributed by atoms with Crippen LogP contribution in [0, 0.1) is 0 Å². The minimum Gasteiger partial charge on any atom is -0.550 e. The van der Waals surface area contributed by atoms with Gasteiger partial charge in [0.1, 0.15) is 0 Å². The summed E-state index contributed by atoms with van der Waals surface area (Å²) in [5.41, 5.74) is 0. The number of carboxylic acids is 3. The van der Waals surface area contributed by atoms with Gasteiger partial charge in [-0.2, -0.15) is 0 Å². The zero-order valence-corrected chi connectivity index (χ0v) is 23.4. The van der Waals surface area contributed by atoms with Crippen molar-refractivity contribution in [2.75, 3.05) is 26.2 Å². The smallest absolute Gasteiger partial charge is 0.303 e. The molecule has 0 unspecified atom stereocenters. The standard InChI is InChI=1S/C30H55NO6/c1-2-3-4-5-6-7-8-9-10-11-12-13-14-15-16-17-24-31(25-18-21-28(32)33,26-19-22-29(34)35)27-20-23-30(36)37/h2H,1,3-27H2,(H2-,32,33,34,35,36,37). The topological polar surface area (TPSA) is 115 Å². The minimum absolute atomic E-state index is 0.0202. The largest absolute Gasteiger partial charge is 0.550 e. The van der Waals surface area contributed by atoms with Crippen LogP contribution in [-0.2, 0) is 14.4 Å². The predicted molar refractivity (Wildman–Crippen MR) is 147 cm³/mol. The maximum Gasteiger partial charge on any atom is 0.303 e. The van der Waals surface area contributed by atoms with Gasteiger partial charge in [-0.3, -0.25) is 9.59 Å². The van der Waals surface area contributed by atoms with Crippen LogP contribution in [0.3, 0.4) is 0 Å². The third-order valence-electron chi connectivity index (χ3n) is 7.35. The van der Waals surface area contributed by atoms with Gasteiger partial charge in [0.2, 0.25) is 0 Å². The molecule has 7 heteroatoms. The zero-order valence-electron chi connectivity index (χ0n) is 23.4. The molecule has 0 bridgehead atoms. The number of quaternary nitrogens is 1. The van der Waals surface area contributed by atoms with Crippen molar-refractivity contribution in [1.29, 1.82) is 0 Å². The monoisotopic (exact) mass is 525 g/mol. The van der Waals surface area contributed by atoms with Gasteiger partial charge in [0.05, 0.1) is 39.0 Å². The number of hydrogen-bond acceptors (Lipinski definition) is 4. The fraction of sp³-hybridized carbons (Fsp3) is 0.833. The Balaban J connectivity index is 4.23. The summed E-state index contributed by atoms with van der Waals surface area (Å²) in [5.74, 6) is -2.75. The van der Waals surface area contributed by atoms with E-state index in [9.17, 15) is 19.5 Å². The van der Waals surface area contributed by atoms with Crippen LogP contribution in [-0.4, -0.2) is 58.8 Å². The third-order valence-corrected chi connectivity index (χ3v) is 7.35. The molecule has 0 amide bonds. The Bertz CT molecular complexity index is 557. The van der Waals surface area contributed by atoms with Crippen LogP contribution < -0.4 is 5.11 Å². The van der Waals surface area contributed by atoms with E-state index in [1.807, 2.05) is 6.08 Å². The second-order valence-corrected chi connectivity index (χ2v) is 10.7. The molecule has 0 saturated carbocycles. The number of unbranched alkanes of at least 4 members (excludes halogenated alkanes) is 14. The van der Waals surface area contributed by atoms with Crippen molar-refractivity contribution in [3.05, 3.63) is 12.7 Å². The van der Waals surface area contributed by atoms with E-state index in [1.165, 1.54) is 77.0 Å². The second kappa shape index (κ2) is 24.4. The summed E-state index contributed by atoms with van der Waals surface area (Å²) in [6, 6.07) is 0. The Kier molecular flexibility index (Phi) is 23.2. The molecule has 0 rings (SSSR count). The molecule has 0 heterocycles. The van der Waals surface area contributed by atoms with Crippen LogP contribution in [0.2, 0.25) is 0 Å². The van der Waals surface area contributed by atoms with E-state index in [2.05, 4.69) is 6.58 Å². The minimum atomic E-state index is -1.08. The van der Waals surface area contributed by atoms with E-state index in [4.69, 9.17) is 10.2 Å². The molecule has 0 aromatic heterocycles. The van der Waals surface area contributed by atoms with Crippen molar-refractivity contribution in [3.63, 3.8) is 0 Å². The fourth-order valence-corrected chi connectivity index (χ4v) is 5.22. The van der Waals surface area contributed by atoms with Gasteiger partial charge in [0, 0.05) is 25.2 Å². The first kappa shape index (κ1) is 35.1. The molecular formula is C30H55NO6. The average Bonchev–Trinajstić information content (AvgIpc) is 2.83. The first-order valence-electron chi connectivity index (χ1n) is 14.9. The van der Waals surface area contributed by atoms with Crippen molar-refractivity contribution in [3.8, 4) is 0 Å². The van der Waals surface area contributed by atoms with Crippen LogP contribution in [0.15, 0.2) is 12.7 Å². The Morgan fingerprint density at radius 3 is 1.22 bits per heavy atom. The quantitative estimate of drug-likeness (QED) is 0.0693. The fourth-order valence-electron chi connectivity index (χ4n) is 5.22. The number of allylic oxidation sites excluding steroid dienone is 1. The van der Waals surface area contributed by atoms with Crippen molar-refractivity contribution in [2.24, 2.45) is 0 Å². The van der Waals surface area contributed by atoms with Gasteiger partial charge >= 0.3 is 11.9 Å². The highest BCUT2D eigenvalue weighted by atomic mass is 16.4. The first-order chi connectivity index (χ1) is 17.8. The summed E-state index contributed by atoms with van der Waals surface area (Å²) in [6.07, 6.45) is 22.5. The molecule has 0 fully saturated rings. The van der Waals surface area contributed by atoms with Gasteiger partial charge in [-0.15, -0.1) is 6.58 Å². The van der Waals surface area contributed by atoms with Crippen LogP contribution in [0.4, 0.5) is 0 Å². The maximum absolute atomic E-state index is 11.0. The second-order valence-electron chi connectivity index (χ2n) is 10.7. The van der Waals surface area contributed by atoms with E-state index in [0.29, 0.717) is 43.4 Å². The number of carboxylic acid groups (broad SMARTS) is 3. The van der Waals surface area contributed by atoms with Crippen LogP contribution in [0.5, 0.6) is 0 Å². The highest BCUT2D eigenvalue weighted by Crippen LogP contribution is 2.19. The molecule has 216 valence electrons. The lowest BCUT2D eigenvalue weighted by Gasteiger charge is -2.39. The van der Waals surface area contributed by atoms with Crippen molar-refractivity contribution < 1.29 is 34.2 Å². The van der Waals surface area contributed by atoms with Gasteiger partial charge in [0.25, 0.3) is 0 Å². The highest BCUT2D eigenvalue weighted by Gasteiger charge is 2.26. The summed E-state index contributed by atoms with van der Waals surface area (Å²) in [6.45, 7) is 6.53. The molecule has 37 heavy (non-hydrogen) atoms. The van der Waals surface area contributed by atoms with Crippen LogP contribution in [0.1, 0.15) is 135 Å². The summed E-state index contributed by atoms with van der Waals surface area (Å²) < 4.78 is 0.613. The molecule has 0 aromatic carbocycles. The van der Waals surface area contributed by atoms with Gasteiger partial charge < -0.3 is 24.6 Å². The van der Waals surface area contributed by atoms with E-state index >= 15 is 0 Å². The van der Waals surface area contributed by atoms with Gasteiger partial charge in [-0.25, -0.2) is 0 Å². The van der Waals surface area contributed by atoms with E-state index in [0.717, 1.165) is 25.8 Å². The lowest BCUT2D eigenvalue weighted by atomic mass is 10.0.